The van der Waals surface area contributed by atoms with Crippen molar-refractivity contribution >= 4 is 10.0 Å². The minimum absolute atomic E-state index is 0.164. The number of aryl methyl sites for hydroxylation is 1. The number of benzene rings is 1. The second-order valence-electron chi connectivity index (χ2n) is 4.90. The molecule has 1 saturated carbocycles. The quantitative estimate of drug-likeness (QED) is 0.902. The van der Waals surface area contributed by atoms with Gasteiger partial charge in [-0.1, -0.05) is 12.5 Å². The van der Waals surface area contributed by atoms with Crippen LogP contribution in [0.4, 0.5) is 0 Å². The van der Waals surface area contributed by atoms with E-state index in [-0.39, 0.29) is 6.04 Å². The Morgan fingerprint density at radius 2 is 2.06 bits per heavy atom. The van der Waals surface area contributed by atoms with Gasteiger partial charge < -0.3 is 5.73 Å². The van der Waals surface area contributed by atoms with Crippen molar-refractivity contribution in [3.63, 3.8) is 0 Å². The molecule has 1 fully saturated rings. The Morgan fingerprint density at radius 1 is 1.39 bits per heavy atom. The third kappa shape index (κ3) is 2.30. The summed E-state index contributed by atoms with van der Waals surface area (Å²) in [6.07, 6.45) is 3.04. The molecule has 1 aliphatic rings. The van der Waals surface area contributed by atoms with Crippen molar-refractivity contribution in [2.45, 2.75) is 43.7 Å². The van der Waals surface area contributed by atoms with Gasteiger partial charge in [0.2, 0.25) is 10.0 Å². The van der Waals surface area contributed by atoms with Gasteiger partial charge in [-0.05, 0) is 43.0 Å². The van der Waals surface area contributed by atoms with Gasteiger partial charge in [-0.2, -0.15) is 4.31 Å². The third-order valence-electron chi connectivity index (χ3n) is 3.81. The van der Waals surface area contributed by atoms with Crippen LogP contribution in [0.5, 0.6) is 0 Å². The van der Waals surface area contributed by atoms with E-state index in [1.54, 1.807) is 19.2 Å². The predicted molar refractivity (Wildman–Crippen MR) is 71.7 cm³/mol. The van der Waals surface area contributed by atoms with Gasteiger partial charge in [-0.3, -0.25) is 0 Å². The molecule has 1 aliphatic carbocycles. The predicted octanol–water partition coefficient (Wildman–Crippen LogP) is 1.63. The zero-order valence-corrected chi connectivity index (χ0v) is 11.7. The smallest absolute Gasteiger partial charge is 0.243 e. The Hall–Kier alpha value is -0.910. The first-order chi connectivity index (χ1) is 8.46. The van der Waals surface area contributed by atoms with Gasteiger partial charge in [0.05, 0.1) is 4.90 Å². The van der Waals surface area contributed by atoms with Crippen molar-refractivity contribution in [2.24, 2.45) is 5.73 Å². The molecule has 0 saturated heterocycles. The number of nitrogens with zero attached hydrogens (tertiary/aromatic N) is 1. The van der Waals surface area contributed by atoms with Gasteiger partial charge in [-0.25, -0.2) is 8.42 Å². The molecule has 0 aliphatic heterocycles. The van der Waals surface area contributed by atoms with Gasteiger partial charge in [-0.15, -0.1) is 0 Å². The Balaban J connectivity index is 2.34. The van der Waals surface area contributed by atoms with Crippen molar-refractivity contribution in [3.8, 4) is 0 Å². The van der Waals surface area contributed by atoms with Crippen LogP contribution in [0.15, 0.2) is 23.1 Å². The molecule has 2 rings (SSSR count). The first-order valence-electron chi connectivity index (χ1n) is 6.24. The summed E-state index contributed by atoms with van der Waals surface area (Å²) in [5.74, 6) is 0. The molecular formula is C13H20N2O2S. The van der Waals surface area contributed by atoms with Crippen LogP contribution in [-0.4, -0.2) is 25.8 Å². The SMILES string of the molecule is Cc1ccc(S(=O)(=O)N(C)C2CCC2)cc1CN. The topological polar surface area (TPSA) is 63.4 Å². The average molecular weight is 268 g/mol. The van der Waals surface area contributed by atoms with E-state index in [4.69, 9.17) is 5.73 Å². The minimum Gasteiger partial charge on any atom is -0.326 e. The lowest BCUT2D eigenvalue weighted by molar-refractivity contribution is 0.249. The maximum Gasteiger partial charge on any atom is 0.243 e. The first kappa shape index (κ1) is 13.5. The van der Waals surface area contributed by atoms with E-state index < -0.39 is 10.0 Å². The second-order valence-corrected chi connectivity index (χ2v) is 6.90. The Bertz CT molecular complexity index is 536. The van der Waals surface area contributed by atoms with E-state index in [2.05, 4.69) is 0 Å². The summed E-state index contributed by atoms with van der Waals surface area (Å²) in [5, 5.41) is 0. The third-order valence-corrected chi connectivity index (χ3v) is 5.71. The molecule has 1 aromatic carbocycles. The highest BCUT2D eigenvalue weighted by Gasteiger charge is 2.31. The lowest BCUT2D eigenvalue weighted by atomic mass is 9.94. The number of hydrogen-bond acceptors (Lipinski definition) is 3. The number of rotatable bonds is 4. The van der Waals surface area contributed by atoms with Crippen LogP contribution in [0, 0.1) is 6.92 Å². The molecule has 0 spiro atoms. The summed E-state index contributed by atoms with van der Waals surface area (Å²) < 4.78 is 26.4. The lowest BCUT2D eigenvalue weighted by Gasteiger charge is -2.33. The average Bonchev–Trinajstić information content (AvgIpc) is 2.27. The molecule has 0 amide bonds. The molecule has 0 radical (unpaired) electrons. The highest BCUT2D eigenvalue weighted by Crippen LogP contribution is 2.29. The van der Waals surface area contributed by atoms with Gasteiger partial charge in [0, 0.05) is 19.6 Å². The van der Waals surface area contributed by atoms with Crippen molar-refractivity contribution in [3.05, 3.63) is 29.3 Å². The van der Waals surface area contributed by atoms with Crippen LogP contribution in [0.3, 0.4) is 0 Å². The molecule has 2 N–H and O–H groups in total. The molecule has 100 valence electrons. The molecule has 0 aromatic heterocycles. The highest BCUT2D eigenvalue weighted by atomic mass is 32.2. The molecule has 4 nitrogen and oxygen atoms in total. The number of sulfonamides is 1. The molecule has 0 atom stereocenters. The summed E-state index contributed by atoms with van der Waals surface area (Å²) in [7, 11) is -1.70. The standard InChI is InChI=1S/C13H20N2O2S/c1-10-6-7-13(8-11(10)9-14)18(16,17)15(2)12-4-3-5-12/h6-8,12H,3-5,9,14H2,1-2H3. The monoisotopic (exact) mass is 268 g/mol. The van der Waals surface area contributed by atoms with Crippen LogP contribution >= 0.6 is 0 Å². The molecule has 18 heavy (non-hydrogen) atoms. The Labute approximate surface area is 109 Å². The summed E-state index contributed by atoms with van der Waals surface area (Å²) >= 11 is 0. The summed E-state index contributed by atoms with van der Waals surface area (Å²) in [6.45, 7) is 2.30. The van der Waals surface area contributed by atoms with E-state index >= 15 is 0 Å². The molecule has 1 aromatic rings. The van der Waals surface area contributed by atoms with Crippen molar-refractivity contribution in [2.75, 3.05) is 7.05 Å². The fourth-order valence-corrected chi connectivity index (χ4v) is 3.61. The zero-order valence-electron chi connectivity index (χ0n) is 10.9. The molecule has 0 unspecified atom stereocenters. The Kier molecular flexibility index (Phi) is 3.75. The van der Waals surface area contributed by atoms with E-state index in [0.717, 1.165) is 30.4 Å². The van der Waals surface area contributed by atoms with Crippen LogP contribution < -0.4 is 5.73 Å². The largest absolute Gasteiger partial charge is 0.326 e. The lowest BCUT2D eigenvalue weighted by Crippen LogP contribution is -2.41. The minimum atomic E-state index is -3.37. The highest BCUT2D eigenvalue weighted by molar-refractivity contribution is 7.89. The maximum absolute atomic E-state index is 12.4. The van der Waals surface area contributed by atoms with Gasteiger partial charge in [0.15, 0.2) is 0 Å². The number of nitrogens with two attached hydrogens (primary N) is 1. The summed E-state index contributed by atoms with van der Waals surface area (Å²) in [5.41, 5.74) is 7.55. The second kappa shape index (κ2) is 4.99. The fraction of sp³-hybridized carbons (Fsp3) is 0.538. The van der Waals surface area contributed by atoms with Crippen LogP contribution in [-0.2, 0) is 16.6 Å². The van der Waals surface area contributed by atoms with E-state index in [1.165, 1.54) is 4.31 Å². The van der Waals surface area contributed by atoms with Gasteiger partial charge >= 0.3 is 0 Å². The van der Waals surface area contributed by atoms with E-state index in [1.807, 2.05) is 13.0 Å². The summed E-state index contributed by atoms with van der Waals surface area (Å²) in [6, 6.07) is 5.35. The maximum atomic E-state index is 12.4. The van der Waals surface area contributed by atoms with Crippen LogP contribution in [0.2, 0.25) is 0 Å². The number of hydrogen-bond donors (Lipinski definition) is 1. The van der Waals surface area contributed by atoms with Crippen LogP contribution in [0.1, 0.15) is 30.4 Å². The Morgan fingerprint density at radius 3 is 2.56 bits per heavy atom. The summed E-state index contributed by atoms with van der Waals surface area (Å²) in [4.78, 5) is 0.350. The molecular weight excluding hydrogens is 248 g/mol. The first-order valence-corrected chi connectivity index (χ1v) is 7.68. The van der Waals surface area contributed by atoms with Crippen molar-refractivity contribution < 1.29 is 8.42 Å². The van der Waals surface area contributed by atoms with Crippen molar-refractivity contribution in [1.82, 2.24) is 4.31 Å². The van der Waals surface area contributed by atoms with E-state index in [0.29, 0.717) is 11.4 Å². The van der Waals surface area contributed by atoms with E-state index in [9.17, 15) is 8.42 Å². The molecule has 0 bridgehead atoms. The zero-order chi connectivity index (χ0) is 13.3. The van der Waals surface area contributed by atoms with Crippen molar-refractivity contribution in [1.29, 1.82) is 0 Å². The molecule has 0 heterocycles. The normalized spacial score (nSPS) is 16.9. The van der Waals surface area contributed by atoms with Crippen LogP contribution in [0.25, 0.3) is 0 Å². The van der Waals surface area contributed by atoms with Gasteiger partial charge in [0.25, 0.3) is 0 Å². The fourth-order valence-electron chi connectivity index (χ4n) is 2.14. The van der Waals surface area contributed by atoms with Gasteiger partial charge in [0.1, 0.15) is 0 Å². The molecule has 5 heteroatoms.